The Hall–Kier alpha value is -2.35. The number of nitrogens with zero attached hydrogens (tertiary/aromatic N) is 5. The lowest BCUT2D eigenvalue weighted by atomic mass is 10.1. The zero-order valence-electron chi connectivity index (χ0n) is 15.6. The van der Waals surface area contributed by atoms with E-state index < -0.39 is 0 Å². The molecule has 2 aromatic carbocycles. The van der Waals surface area contributed by atoms with Gasteiger partial charge in [-0.2, -0.15) is 0 Å². The molecule has 0 saturated carbocycles. The Kier molecular flexibility index (Phi) is 5.39. The van der Waals surface area contributed by atoms with Crippen molar-refractivity contribution in [1.82, 2.24) is 24.3 Å². The van der Waals surface area contributed by atoms with Crippen molar-refractivity contribution < 1.29 is 5.11 Å². The summed E-state index contributed by atoms with van der Waals surface area (Å²) in [6.07, 6.45) is 0. The average molecular weight is 414 g/mol. The molecule has 0 radical (unpaired) electrons. The van der Waals surface area contributed by atoms with Gasteiger partial charge >= 0.3 is 0 Å². The van der Waals surface area contributed by atoms with Gasteiger partial charge in [0.25, 0.3) is 0 Å². The first-order valence-corrected chi connectivity index (χ1v) is 10.3. The molecule has 8 heteroatoms. The van der Waals surface area contributed by atoms with E-state index in [4.69, 9.17) is 16.6 Å². The van der Waals surface area contributed by atoms with Crippen LogP contribution in [0.5, 0.6) is 0 Å². The summed E-state index contributed by atoms with van der Waals surface area (Å²) in [6, 6.07) is 13.8. The SMILES string of the molecule is Cc1ccccc1-c1nnc(SCc2nc3ccc(Cl)cc3n2CCO)n1C. The van der Waals surface area contributed by atoms with Gasteiger partial charge in [-0.3, -0.25) is 0 Å². The fraction of sp³-hybridized carbons (Fsp3) is 0.250. The van der Waals surface area contributed by atoms with Crippen molar-refractivity contribution in [2.45, 2.75) is 24.4 Å². The molecule has 2 aromatic heterocycles. The first-order valence-electron chi connectivity index (χ1n) is 8.92. The van der Waals surface area contributed by atoms with Crippen LogP contribution >= 0.6 is 23.4 Å². The lowest BCUT2D eigenvalue weighted by Gasteiger charge is -2.08. The molecule has 0 amide bonds. The highest BCUT2D eigenvalue weighted by Crippen LogP contribution is 2.28. The maximum Gasteiger partial charge on any atom is 0.191 e. The number of hydrogen-bond donors (Lipinski definition) is 1. The van der Waals surface area contributed by atoms with Crippen LogP contribution in [0.1, 0.15) is 11.4 Å². The number of aryl methyl sites for hydroxylation is 1. The molecule has 0 spiro atoms. The van der Waals surface area contributed by atoms with E-state index in [-0.39, 0.29) is 6.61 Å². The van der Waals surface area contributed by atoms with E-state index in [1.54, 1.807) is 11.8 Å². The average Bonchev–Trinajstić information content (AvgIpc) is 3.21. The Labute approximate surface area is 172 Å². The van der Waals surface area contributed by atoms with Crippen molar-refractivity contribution in [1.29, 1.82) is 0 Å². The van der Waals surface area contributed by atoms with Gasteiger partial charge in [0.1, 0.15) is 5.82 Å². The standard InChI is InChI=1S/C20H20ClN5OS/c1-13-5-3-4-6-15(13)19-23-24-20(25(19)2)28-12-18-22-16-8-7-14(21)11-17(16)26(18)9-10-27/h3-8,11,27H,9-10,12H2,1-2H3. The van der Waals surface area contributed by atoms with Crippen molar-refractivity contribution in [3.8, 4) is 11.4 Å². The monoisotopic (exact) mass is 413 g/mol. The van der Waals surface area contributed by atoms with Crippen molar-refractivity contribution in [2.24, 2.45) is 7.05 Å². The number of thioether (sulfide) groups is 1. The molecule has 0 aliphatic heterocycles. The molecule has 4 aromatic rings. The van der Waals surface area contributed by atoms with E-state index in [2.05, 4.69) is 29.3 Å². The van der Waals surface area contributed by atoms with Crippen LogP contribution < -0.4 is 0 Å². The summed E-state index contributed by atoms with van der Waals surface area (Å²) in [5, 5.41) is 19.7. The number of benzene rings is 2. The Morgan fingerprint density at radius 2 is 1.96 bits per heavy atom. The summed E-state index contributed by atoms with van der Waals surface area (Å²) in [5.41, 5.74) is 4.03. The van der Waals surface area contributed by atoms with Gasteiger partial charge in [0.15, 0.2) is 11.0 Å². The predicted molar refractivity (Wildman–Crippen MR) is 113 cm³/mol. The van der Waals surface area contributed by atoms with Crippen LogP contribution in [0.4, 0.5) is 0 Å². The Balaban J connectivity index is 1.62. The minimum Gasteiger partial charge on any atom is -0.395 e. The van der Waals surface area contributed by atoms with Crippen LogP contribution in [0.2, 0.25) is 5.02 Å². The Bertz CT molecular complexity index is 1140. The Morgan fingerprint density at radius 1 is 1.14 bits per heavy atom. The number of rotatable bonds is 6. The van der Waals surface area contributed by atoms with Crippen molar-refractivity contribution in [3.05, 3.63) is 58.9 Å². The molecule has 0 fully saturated rings. The van der Waals surface area contributed by atoms with Gasteiger partial charge in [0, 0.05) is 24.2 Å². The molecular weight excluding hydrogens is 394 g/mol. The number of halogens is 1. The quantitative estimate of drug-likeness (QED) is 0.482. The van der Waals surface area contributed by atoms with Crippen LogP contribution in [0.3, 0.4) is 0 Å². The first kappa shape index (κ1) is 19.0. The number of fused-ring (bicyclic) bond motifs is 1. The molecule has 0 unspecified atom stereocenters. The minimum atomic E-state index is 0.0387. The first-order chi connectivity index (χ1) is 13.6. The summed E-state index contributed by atoms with van der Waals surface area (Å²) in [5.74, 6) is 2.33. The van der Waals surface area contributed by atoms with Gasteiger partial charge in [0.2, 0.25) is 0 Å². The van der Waals surface area contributed by atoms with E-state index in [1.807, 2.05) is 46.5 Å². The number of aromatic nitrogens is 5. The van der Waals surface area contributed by atoms with Gasteiger partial charge in [0.05, 0.1) is 23.4 Å². The molecule has 0 bridgehead atoms. The van der Waals surface area contributed by atoms with Crippen LogP contribution in [-0.4, -0.2) is 36.0 Å². The van der Waals surface area contributed by atoms with Crippen molar-refractivity contribution >= 4 is 34.4 Å². The second-order valence-corrected chi connectivity index (χ2v) is 7.88. The highest BCUT2D eigenvalue weighted by molar-refractivity contribution is 7.98. The van der Waals surface area contributed by atoms with Gasteiger partial charge in [-0.1, -0.05) is 47.6 Å². The third-order valence-electron chi connectivity index (χ3n) is 4.66. The maximum atomic E-state index is 9.46. The molecule has 1 N–H and O–H groups in total. The maximum absolute atomic E-state index is 9.46. The van der Waals surface area contributed by atoms with Gasteiger partial charge in [-0.05, 0) is 30.7 Å². The van der Waals surface area contributed by atoms with Crippen LogP contribution in [0, 0.1) is 6.92 Å². The van der Waals surface area contributed by atoms with Gasteiger partial charge in [-0.15, -0.1) is 10.2 Å². The number of aliphatic hydroxyl groups excluding tert-OH is 1. The largest absolute Gasteiger partial charge is 0.395 e. The van der Waals surface area contributed by atoms with E-state index in [0.29, 0.717) is 17.3 Å². The normalized spacial score (nSPS) is 11.4. The molecule has 6 nitrogen and oxygen atoms in total. The molecule has 0 saturated heterocycles. The lowest BCUT2D eigenvalue weighted by molar-refractivity contribution is 0.276. The summed E-state index contributed by atoms with van der Waals surface area (Å²) >= 11 is 7.71. The predicted octanol–water partition coefficient (Wildman–Crippen LogP) is 4.08. The molecular formula is C20H20ClN5OS. The van der Waals surface area contributed by atoms with Crippen LogP contribution in [0.15, 0.2) is 47.6 Å². The lowest BCUT2D eigenvalue weighted by Crippen LogP contribution is -2.06. The highest BCUT2D eigenvalue weighted by Gasteiger charge is 2.16. The van der Waals surface area contributed by atoms with Crippen molar-refractivity contribution in [3.63, 3.8) is 0 Å². The highest BCUT2D eigenvalue weighted by atomic mass is 35.5. The van der Waals surface area contributed by atoms with Crippen molar-refractivity contribution in [2.75, 3.05) is 6.61 Å². The summed E-state index contributed by atoms with van der Waals surface area (Å²) < 4.78 is 4.01. The third-order valence-corrected chi connectivity index (χ3v) is 5.92. The third kappa shape index (κ3) is 3.53. The molecule has 0 aliphatic rings. The van der Waals surface area contributed by atoms with E-state index in [0.717, 1.165) is 39.0 Å². The summed E-state index contributed by atoms with van der Waals surface area (Å²) in [4.78, 5) is 4.71. The molecule has 144 valence electrons. The van der Waals surface area contributed by atoms with E-state index in [9.17, 15) is 5.11 Å². The van der Waals surface area contributed by atoms with Crippen LogP contribution in [-0.2, 0) is 19.3 Å². The number of imidazole rings is 1. The number of aliphatic hydroxyl groups is 1. The second-order valence-electron chi connectivity index (χ2n) is 6.51. The van der Waals surface area contributed by atoms with Gasteiger partial charge in [-0.25, -0.2) is 4.98 Å². The van der Waals surface area contributed by atoms with E-state index >= 15 is 0 Å². The van der Waals surface area contributed by atoms with Crippen LogP contribution in [0.25, 0.3) is 22.4 Å². The molecule has 4 rings (SSSR count). The molecule has 2 heterocycles. The fourth-order valence-corrected chi connectivity index (χ4v) is 4.26. The summed E-state index contributed by atoms with van der Waals surface area (Å²) in [7, 11) is 1.97. The Morgan fingerprint density at radius 3 is 2.75 bits per heavy atom. The molecule has 0 atom stereocenters. The fourth-order valence-electron chi connectivity index (χ4n) is 3.23. The topological polar surface area (TPSA) is 68.8 Å². The van der Waals surface area contributed by atoms with Gasteiger partial charge < -0.3 is 14.2 Å². The minimum absolute atomic E-state index is 0.0387. The number of hydrogen-bond acceptors (Lipinski definition) is 5. The van der Waals surface area contributed by atoms with E-state index in [1.165, 1.54) is 0 Å². The zero-order valence-corrected chi connectivity index (χ0v) is 17.2. The second kappa shape index (κ2) is 7.95. The smallest absolute Gasteiger partial charge is 0.191 e. The molecule has 28 heavy (non-hydrogen) atoms. The zero-order chi connectivity index (χ0) is 19.7. The summed E-state index contributed by atoms with van der Waals surface area (Å²) in [6.45, 7) is 2.58. The molecule has 0 aliphatic carbocycles.